The average molecular weight is 346 g/mol. The van der Waals surface area contributed by atoms with Crippen molar-refractivity contribution in [2.45, 2.75) is 57.5 Å². The number of carbonyl (C=O) groups is 3. The van der Waals surface area contributed by atoms with Gasteiger partial charge in [-0.2, -0.15) is 0 Å². The predicted molar refractivity (Wildman–Crippen MR) is 93.5 cm³/mol. The van der Waals surface area contributed by atoms with Crippen molar-refractivity contribution in [2.24, 2.45) is 5.73 Å². The second kappa shape index (κ2) is 9.32. The molecule has 25 heavy (non-hydrogen) atoms. The van der Waals surface area contributed by atoms with Gasteiger partial charge in [-0.05, 0) is 12.0 Å². The van der Waals surface area contributed by atoms with Gasteiger partial charge >= 0.3 is 5.97 Å². The van der Waals surface area contributed by atoms with Crippen LogP contribution in [0.1, 0.15) is 44.6 Å². The summed E-state index contributed by atoms with van der Waals surface area (Å²) in [5.74, 6) is -1.47. The molecule has 6 heteroatoms. The largest absolute Gasteiger partial charge is 0.464 e. The first-order valence-electron chi connectivity index (χ1n) is 8.86. The molecule has 0 saturated carbocycles. The number of hydrogen-bond acceptors (Lipinski definition) is 5. The molecular weight excluding hydrogens is 320 g/mol. The zero-order chi connectivity index (χ0) is 18.2. The highest BCUT2D eigenvalue weighted by Gasteiger charge is 2.43. The summed E-state index contributed by atoms with van der Waals surface area (Å²) in [5.41, 5.74) is 6.54. The van der Waals surface area contributed by atoms with Crippen molar-refractivity contribution in [3.8, 4) is 0 Å². The predicted octanol–water partition coefficient (Wildman–Crippen LogP) is 1.81. The normalized spacial score (nSPS) is 18.5. The van der Waals surface area contributed by atoms with Crippen LogP contribution in [0.25, 0.3) is 0 Å². The number of benzene rings is 1. The van der Waals surface area contributed by atoms with Crippen molar-refractivity contribution in [1.82, 2.24) is 4.90 Å². The second-order valence-electron chi connectivity index (χ2n) is 6.35. The maximum absolute atomic E-state index is 12.6. The van der Waals surface area contributed by atoms with Crippen LogP contribution in [-0.2, 0) is 25.5 Å². The van der Waals surface area contributed by atoms with E-state index in [1.165, 1.54) is 0 Å². The Hall–Kier alpha value is -2.21. The van der Waals surface area contributed by atoms with E-state index < -0.39 is 29.9 Å². The fourth-order valence-corrected chi connectivity index (χ4v) is 2.92. The van der Waals surface area contributed by atoms with Crippen LogP contribution < -0.4 is 5.73 Å². The number of likely N-dealkylation sites (tertiary alicyclic amines) is 1. The molecule has 0 radical (unpaired) electrons. The Morgan fingerprint density at radius 1 is 1.24 bits per heavy atom. The standard InChI is InChI=1S/C19H26N2O4/c1-2-3-4-8-11-25-19(24)16(12-14-9-6-5-7-10-14)21-17(22)13-15(20)18(21)23/h5-7,9-10,15-16H,2-4,8,11-13,20H2,1H3. The first-order chi connectivity index (χ1) is 12.0. The number of esters is 1. The van der Waals surface area contributed by atoms with Crippen molar-refractivity contribution in [2.75, 3.05) is 6.61 Å². The highest BCUT2D eigenvalue weighted by molar-refractivity contribution is 6.08. The van der Waals surface area contributed by atoms with Crippen molar-refractivity contribution in [1.29, 1.82) is 0 Å². The van der Waals surface area contributed by atoms with Gasteiger partial charge in [0.1, 0.15) is 6.04 Å². The molecule has 136 valence electrons. The van der Waals surface area contributed by atoms with E-state index in [-0.39, 0.29) is 12.8 Å². The van der Waals surface area contributed by atoms with Crippen LogP contribution in [0, 0.1) is 0 Å². The topological polar surface area (TPSA) is 89.7 Å². The van der Waals surface area contributed by atoms with E-state index in [1.807, 2.05) is 30.3 Å². The third kappa shape index (κ3) is 5.13. The van der Waals surface area contributed by atoms with E-state index in [1.54, 1.807) is 0 Å². The minimum absolute atomic E-state index is 0.0616. The molecule has 0 spiro atoms. The Morgan fingerprint density at radius 2 is 1.96 bits per heavy atom. The van der Waals surface area contributed by atoms with Crippen LogP contribution in [-0.4, -0.2) is 41.4 Å². The molecule has 1 aromatic carbocycles. The Labute approximate surface area is 148 Å². The lowest BCUT2D eigenvalue weighted by Gasteiger charge is -2.25. The van der Waals surface area contributed by atoms with E-state index in [2.05, 4.69) is 6.92 Å². The highest BCUT2D eigenvalue weighted by atomic mass is 16.5. The van der Waals surface area contributed by atoms with Gasteiger partial charge in [-0.3, -0.25) is 14.5 Å². The van der Waals surface area contributed by atoms with E-state index in [9.17, 15) is 14.4 Å². The minimum atomic E-state index is -0.956. The first kappa shape index (κ1) is 19.1. The van der Waals surface area contributed by atoms with Gasteiger partial charge in [0.15, 0.2) is 0 Å². The summed E-state index contributed by atoms with van der Waals surface area (Å²) in [6, 6.07) is 7.44. The fourth-order valence-electron chi connectivity index (χ4n) is 2.92. The third-order valence-electron chi connectivity index (χ3n) is 4.32. The van der Waals surface area contributed by atoms with Gasteiger partial charge in [0.25, 0.3) is 0 Å². The molecule has 6 nitrogen and oxygen atoms in total. The molecule has 0 aliphatic carbocycles. The maximum atomic E-state index is 12.6. The van der Waals surface area contributed by atoms with Crippen molar-refractivity contribution in [3.63, 3.8) is 0 Å². The lowest BCUT2D eigenvalue weighted by atomic mass is 10.0. The minimum Gasteiger partial charge on any atom is -0.464 e. The summed E-state index contributed by atoms with van der Waals surface area (Å²) in [4.78, 5) is 38.0. The fraction of sp³-hybridized carbons (Fsp3) is 0.526. The summed E-state index contributed by atoms with van der Waals surface area (Å²) < 4.78 is 5.34. The summed E-state index contributed by atoms with van der Waals surface area (Å²) in [5, 5.41) is 0. The monoisotopic (exact) mass is 346 g/mol. The number of rotatable bonds is 9. The molecule has 1 saturated heterocycles. The average Bonchev–Trinajstić information content (AvgIpc) is 2.86. The van der Waals surface area contributed by atoms with Crippen molar-refractivity contribution in [3.05, 3.63) is 35.9 Å². The molecule has 2 atom stereocenters. The number of carbonyl (C=O) groups excluding carboxylic acids is 3. The summed E-state index contributed by atoms with van der Waals surface area (Å²) in [6.07, 6.45) is 4.12. The Bertz CT molecular complexity index is 603. The third-order valence-corrected chi connectivity index (χ3v) is 4.32. The SMILES string of the molecule is CCCCCCOC(=O)C(Cc1ccccc1)N1C(=O)CC(N)C1=O. The van der Waals surface area contributed by atoms with E-state index >= 15 is 0 Å². The van der Waals surface area contributed by atoms with Gasteiger partial charge < -0.3 is 10.5 Å². The maximum Gasteiger partial charge on any atom is 0.329 e. The lowest BCUT2D eigenvalue weighted by Crippen LogP contribution is -2.48. The smallest absolute Gasteiger partial charge is 0.329 e. The number of nitrogens with zero attached hydrogens (tertiary/aromatic N) is 1. The van der Waals surface area contributed by atoms with Crippen LogP contribution in [0.3, 0.4) is 0 Å². The Morgan fingerprint density at radius 3 is 2.56 bits per heavy atom. The zero-order valence-corrected chi connectivity index (χ0v) is 14.6. The van der Waals surface area contributed by atoms with Gasteiger partial charge in [-0.25, -0.2) is 4.79 Å². The summed E-state index contributed by atoms with van der Waals surface area (Å²) in [6.45, 7) is 2.40. The molecule has 2 amide bonds. The number of nitrogens with two attached hydrogens (primary N) is 1. The molecule has 1 aliphatic heterocycles. The number of unbranched alkanes of at least 4 members (excludes halogenated alkanes) is 3. The van der Waals surface area contributed by atoms with Gasteiger partial charge in [0.05, 0.1) is 19.1 Å². The number of imide groups is 1. The molecule has 1 aromatic rings. The summed E-state index contributed by atoms with van der Waals surface area (Å²) >= 11 is 0. The number of amides is 2. The number of ether oxygens (including phenoxy) is 1. The molecule has 0 bridgehead atoms. The molecule has 2 unspecified atom stereocenters. The molecule has 2 rings (SSSR count). The molecule has 1 aliphatic rings. The molecule has 1 heterocycles. The second-order valence-corrected chi connectivity index (χ2v) is 6.35. The number of hydrogen-bond donors (Lipinski definition) is 1. The van der Waals surface area contributed by atoms with Crippen LogP contribution in [0.2, 0.25) is 0 Å². The molecule has 2 N–H and O–H groups in total. The Kier molecular flexibility index (Phi) is 7.13. The Balaban J connectivity index is 2.07. The van der Waals surface area contributed by atoms with Gasteiger partial charge in [-0.1, -0.05) is 56.5 Å². The molecular formula is C19H26N2O4. The van der Waals surface area contributed by atoms with Crippen LogP contribution >= 0.6 is 0 Å². The zero-order valence-electron chi connectivity index (χ0n) is 14.6. The van der Waals surface area contributed by atoms with E-state index in [4.69, 9.17) is 10.5 Å². The lowest BCUT2D eigenvalue weighted by molar-refractivity contribution is -0.158. The first-order valence-corrected chi connectivity index (χ1v) is 8.86. The quantitative estimate of drug-likeness (QED) is 0.418. The molecule has 1 fully saturated rings. The van der Waals surface area contributed by atoms with Crippen LogP contribution in [0.15, 0.2) is 30.3 Å². The van der Waals surface area contributed by atoms with E-state index in [0.717, 1.165) is 36.1 Å². The summed E-state index contributed by atoms with van der Waals surface area (Å²) in [7, 11) is 0. The molecule has 0 aromatic heterocycles. The van der Waals surface area contributed by atoms with Gasteiger partial charge in [0, 0.05) is 6.42 Å². The van der Waals surface area contributed by atoms with E-state index in [0.29, 0.717) is 6.61 Å². The van der Waals surface area contributed by atoms with Crippen molar-refractivity contribution < 1.29 is 19.1 Å². The highest BCUT2D eigenvalue weighted by Crippen LogP contribution is 2.19. The van der Waals surface area contributed by atoms with Crippen LogP contribution in [0.5, 0.6) is 0 Å². The van der Waals surface area contributed by atoms with Crippen LogP contribution in [0.4, 0.5) is 0 Å². The van der Waals surface area contributed by atoms with Gasteiger partial charge in [-0.15, -0.1) is 0 Å². The van der Waals surface area contributed by atoms with Crippen molar-refractivity contribution >= 4 is 17.8 Å². The van der Waals surface area contributed by atoms with Gasteiger partial charge in [0.2, 0.25) is 11.8 Å².